The Morgan fingerprint density at radius 1 is 0.232 bits per heavy atom. The molecule has 262 valence electrons. The number of fused-ring (bicyclic) bond motifs is 2. The minimum Gasteiger partial charge on any atom is -0.264 e. The second-order valence-corrected chi connectivity index (χ2v) is 13.9. The minimum atomic E-state index is 0.605. The van der Waals surface area contributed by atoms with Crippen molar-refractivity contribution in [1.82, 2.24) is 24.9 Å². The molecule has 0 amide bonds. The Bertz CT molecular complexity index is 2800. The Labute approximate surface area is 324 Å². The summed E-state index contributed by atoms with van der Waals surface area (Å²) < 4.78 is 0. The zero-order valence-corrected chi connectivity index (χ0v) is 30.3. The molecule has 0 fully saturated rings. The van der Waals surface area contributed by atoms with Crippen molar-refractivity contribution in [2.24, 2.45) is 0 Å². The first kappa shape index (κ1) is 33.0. The highest BCUT2D eigenvalue weighted by atomic mass is 15.0. The van der Waals surface area contributed by atoms with Gasteiger partial charge in [-0.05, 0) is 109 Å². The molecule has 7 aromatic carbocycles. The van der Waals surface area contributed by atoms with Crippen molar-refractivity contribution in [2.45, 2.75) is 0 Å². The molecule has 0 atom stereocenters. The standard InChI is InChI=1S/C51H33N5/c1-3-9-40-27-42(23-21-34(40)7-1)49-54-50(43-24-22-35-8-2-4-10-41(35)28-43)56-51(55-49)48-30-46(38-17-13-36(14-18-38)44-11-5-25-52-32-44)29-47(31-48)39-19-15-37(16-20-39)45-12-6-26-53-33-45/h1-33H. The topological polar surface area (TPSA) is 64.5 Å². The molecule has 0 unspecified atom stereocenters. The molecule has 0 saturated carbocycles. The smallest absolute Gasteiger partial charge is 0.164 e. The van der Waals surface area contributed by atoms with E-state index in [1.807, 2.05) is 24.5 Å². The predicted molar refractivity (Wildman–Crippen MR) is 228 cm³/mol. The van der Waals surface area contributed by atoms with Crippen LogP contribution in [0.15, 0.2) is 201 Å². The summed E-state index contributed by atoms with van der Waals surface area (Å²) in [6, 6.07) is 61.5. The lowest BCUT2D eigenvalue weighted by Gasteiger charge is -2.13. The average Bonchev–Trinajstić information content (AvgIpc) is 3.29. The van der Waals surface area contributed by atoms with Gasteiger partial charge in [-0.1, -0.05) is 133 Å². The molecule has 0 saturated heterocycles. The second kappa shape index (κ2) is 14.3. The van der Waals surface area contributed by atoms with Gasteiger partial charge in [-0.25, -0.2) is 15.0 Å². The number of pyridine rings is 2. The van der Waals surface area contributed by atoms with Gasteiger partial charge in [-0.15, -0.1) is 0 Å². The van der Waals surface area contributed by atoms with Crippen LogP contribution in [0.25, 0.3) is 100 Å². The molecule has 0 radical (unpaired) electrons. The predicted octanol–water partition coefficient (Wildman–Crippen LogP) is 12.6. The van der Waals surface area contributed by atoms with E-state index in [0.29, 0.717) is 17.5 Å². The van der Waals surface area contributed by atoms with Crippen LogP contribution in [0.2, 0.25) is 0 Å². The third kappa shape index (κ3) is 6.59. The largest absolute Gasteiger partial charge is 0.264 e. The highest BCUT2D eigenvalue weighted by Crippen LogP contribution is 2.36. The van der Waals surface area contributed by atoms with Crippen molar-refractivity contribution in [2.75, 3.05) is 0 Å². The lowest BCUT2D eigenvalue weighted by Crippen LogP contribution is -2.01. The van der Waals surface area contributed by atoms with Gasteiger partial charge in [0, 0.05) is 41.5 Å². The first-order chi connectivity index (χ1) is 27.7. The summed E-state index contributed by atoms with van der Waals surface area (Å²) in [5.41, 5.74) is 11.4. The van der Waals surface area contributed by atoms with E-state index in [2.05, 4.69) is 174 Å². The molecule has 0 spiro atoms. The highest BCUT2D eigenvalue weighted by Gasteiger charge is 2.16. The number of rotatable bonds is 7. The fourth-order valence-electron chi connectivity index (χ4n) is 7.29. The molecule has 0 N–H and O–H groups in total. The Kier molecular flexibility index (Phi) is 8.43. The van der Waals surface area contributed by atoms with Crippen LogP contribution < -0.4 is 0 Å². The van der Waals surface area contributed by atoms with E-state index in [-0.39, 0.29) is 0 Å². The van der Waals surface area contributed by atoms with E-state index in [0.717, 1.165) is 72.0 Å². The molecule has 0 bridgehead atoms. The van der Waals surface area contributed by atoms with Crippen molar-refractivity contribution < 1.29 is 0 Å². The first-order valence-corrected chi connectivity index (χ1v) is 18.6. The van der Waals surface area contributed by atoms with E-state index >= 15 is 0 Å². The summed E-state index contributed by atoms with van der Waals surface area (Å²) >= 11 is 0. The molecular formula is C51H33N5. The van der Waals surface area contributed by atoms with Crippen LogP contribution in [0, 0.1) is 0 Å². The number of aromatic nitrogens is 5. The molecule has 3 heterocycles. The van der Waals surface area contributed by atoms with Crippen molar-refractivity contribution in [3.8, 4) is 78.7 Å². The highest BCUT2D eigenvalue weighted by molar-refractivity contribution is 5.89. The Hall–Kier alpha value is -7.63. The maximum atomic E-state index is 5.21. The van der Waals surface area contributed by atoms with E-state index in [9.17, 15) is 0 Å². The number of benzene rings is 7. The van der Waals surface area contributed by atoms with Gasteiger partial charge in [-0.3, -0.25) is 9.97 Å². The quantitative estimate of drug-likeness (QED) is 0.164. The molecule has 56 heavy (non-hydrogen) atoms. The molecule has 3 aromatic heterocycles. The van der Waals surface area contributed by atoms with Crippen LogP contribution in [0.4, 0.5) is 0 Å². The molecular weight excluding hydrogens is 683 g/mol. The van der Waals surface area contributed by atoms with Gasteiger partial charge in [0.15, 0.2) is 17.5 Å². The molecule has 0 aliphatic heterocycles. The van der Waals surface area contributed by atoms with Gasteiger partial charge in [0.1, 0.15) is 0 Å². The molecule has 10 aromatic rings. The Morgan fingerprint density at radius 2 is 0.589 bits per heavy atom. The van der Waals surface area contributed by atoms with Gasteiger partial charge in [0.05, 0.1) is 0 Å². The van der Waals surface area contributed by atoms with E-state index in [4.69, 9.17) is 15.0 Å². The van der Waals surface area contributed by atoms with Gasteiger partial charge < -0.3 is 0 Å². The van der Waals surface area contributed by atoms with Gasteiger partial charge in [0.2, 0.25) is 0 Å². The first-order valence-electron chi connectivity index (χ1n) is 18.6. The number of nitrogens with zero attached hydrogens (tertiary/aromatic N) is 5. The van der Waals surface area contributed by atoms with Crippen LogP contribution in [0.3, 0.4) is 0 Å². The van der Waals surface area contributed by atoms with Gasteiger partial charge >= 0.3 is 0 Å². The fourth-order valence-corrected chi connectivity index (χ4v) is 7.29. The van der Waals surface area contributed by atoms with E-state index < -0.39 is 0 Å². The van der Waals surface area contributed by atoms with Crippen molar-refractivity contribution >= 4 is 21.5 Å². The molecule has 5 nitrogen and oxygen atoms in total. The average molecular weight is 716 g/mol. The summed E-state index contributed by atoms with van der Waals surface area (Å²) in [5.74, 6) is 1.85. The maximum Gasteiger partial charge on any atom is 0.164 e. The maximum absolute atomic E-state index is 5.21. The van der Waals surface area contributed by atoms with Crippen molar-refractivity contribution in [3.05, 3.63) is 201 Å². The normalized spacial score (nSPS) is 11.2. The molecule has 5 heteroatoms. The summed E-state index contributed by atoms with van der Waals surface area (Å²) in [5, 5.41) is 4.60. The number of hydrogen-bond donors (Lipinski definition) is 0. The third-order valence-electron chi connectivity index (χ3n) is 10.3. The third-order valence-corrected chi connectivity index (χ3v) is 10.3. The van der Waals surface area contributed by atoms with Crippen molar-refractivity contribution in [1.29, 1.82) is 0 Å². The monoisotopic (exact) mass is 715 g/mol. The van der Waals surface area contributed by atoms with E-state index in [1.54, 1.807) is 12.4 Å². The lowest BCUT2D eigenvalue weighted by atomic mass is 9.94. The second-order valence-electron chi connectivity index (χ2n) is 13.9. The Morgan fingerprint density at radius 3 is 1.00 bits per heavy atom. The zero-order chi connectivity index (χ0) is 37.3. The Balaban J connectivity index is 1.15. The molecule has 10 rings (SSSR count). The van der Waals surface area contributed by atoms with Crippen molar-refractivity contribution in [3.63, 3.8) is 0 Å². The van der Waals surface area contributed by atoms with E-state index in [1.165, 1.54) is 10.8 Å². The number of hydrogen-bond acceptors (Lipinski definition) is 5. The van der Waals surface area contributed by atoms with Crippen LogP contribution in [0.5, 0.6) is 0 Å². The van der Waals surface area contributed by atoms with Crippen LogP contribution in [-0.4, -0.2) is 24.9 Å². The van der Waals surface area contributed by atoms with Crippen LogP contribution in [-0.2, 0) is 0 Å². The van der Waals surface area contributed by atoms with Gasteiger partial charge in [0.25, 0.3) is 0 Å². The minimum absolute atomic E-state index is 0.605. The zero-order valence-electron chi connectivity index (χ0n) is 30.3. The summed E-state index contributed by atoms with van der Waals surface area (Å²) in [4.78, 5) is 24.2. The van der Waals surface area contributed by atoms with Crippen LogP contribution in [0.1, 0.15) is 0 Å². The summed E-state index contributed by atoms with van der Waals surface area (Å²) in [6.45, 7) is 0. The lowest BCUT2D eigenvalue weighted by molar-refractivity contribution is 1.08. The summed E-state index contributed by atoms with van der Waals surface area (Å²) in [7, 11) is 0. The molecule has 0 aliphatic rings. The molecule has 0 aliphatic carbocycles. The van der Waals surface area contributed by atoms with Gasteiger partial charge in [-0.2, -0.15) is 0 Å². The fraction of sp³-hybridized carbons (Fsp3) is 0. The SMILES string of the molecule is c1cncc(-c2ccc(-c3cc(-c4ccc(-c5cccnc5)cc4)cc(-c4nc(-c5ccc6ccccc6c5)nc(-c5ccc6ccccc6c5)n4)c3)cc2)c1. The van der Waals surface area contributed by atoms with Crippen LogP contribution >= 0.6 is 0 Å². The summed E-state index contributed by atoms with van der Waals surface area (Å²) in [6.07, 6.45) is 7.38.